The van der Waals surface area contributed by atoms with Gasteiger partial charge in [0.05, 0.1) is 12.2 Å². The number of aliphatic carboxylic acids is 1. The van der Waals surface area contributed by atoms with Crippen LogP contribution in [0.1, 0.15) is 27.9 Å². The lowest BCUT2D eigenvalue weighted by Crippen LogP contribution is -2.13. The highest BCUT2D eigenvalue weighted by Crippen LogP contribution is 2.23. The monoisotopic (exact) mass is 426 g/mol. The van der Waals surface area contributed by atoms with Crippen LogP contribution in [0.4, 0.5) is 5.82 Å². The number of hydrogen-bond donors (Lipinski definition) is 2. The third-order valence-corrected chi connectivity index (χ3v) is 4.93. The van der Waals surface area contributed by atoms with Gasteiger partial charge in [-0.3, -0.25) is 14.3 Å². The molecular formula is C25H22N4O3. The summed E-state index contributed by atoms with van der Waals surface area (Å²) in [6.07, 6.45) is 3.93. The summed E-state index contributed by atoms with van der Waals surface area (Å²) in [7, 11) is 0. The van der Waals surface area contributed by atoms with Gasteiger partial charge in [0.25, 0.3) is 5.91 Å². The minimum absolute atomic E-state index is 0.0364. The van der Waals surface area contributed by atoms with Gasteiger partial charge in [-0.1, -0.05) is 48.5 Å². The lowest BCUT2D eigenvalue weighted by atomic mass is 10.0. The Morgan fingerprint density at radius 3 is 2.53 bits per heavy atom. The van der Waals surface area contributed by atoms with Crippen LogP contribution >= 0.6 is 0 Å². The molecule has 2 aromatic heterocycles. The number of carboxylic acids is 1. The molecule has 7 heteroatoms. The molecule has 0 spiro atoms. The first-order valence-corrected chi connectivity index (χ1v) is 10.2. The highest BCUT2D eigenvalue weighted by Gasteiger charge is 2.14. The molecule has 0 atom stereocenters. The maximum atomic E-state index is 12.6. The van der Waals surface area contributed by atoms with E-state index in [9.17, 15) is 9.59 Å². The molecule has 7 nitrogen and oxygen atoms in total. The number of amides is 1. The van der Waals surface area contributed by atoms with Gasteiger partial charge >= 0.3 is 5.97 Å². The van der Waals surface area contributed by atoms with Crippen molar-refractivity contribution in [3.8, 4) is 11.3 Å². The standard InChI is InChI=1S/C25H22N4O3/c30-23(31)13-12-21-17-29(28-24(21)19-8-2-1-3-9-19)16-18-7-6-10-20(15-18)25(32)27-22-11-4-5-14-26-22/h1-11,14-15,17H,12-13,16H2,(H,30,31)(H,26,27,32). The molecule has 2 heterocycles. The van der Waals surface area contributed by atoms with E-state index >= 15 is 0 Å². The second-order valence-electron chi connectivity index (χ2n) is 7.33. The van der Waals surface area contributed by atoms with E-state index in [1.165, 1.54) is 0 Å². The van der Waals surface area contributed by atoms with E-state index < -0.39 is 5.97 Å². The normalized spacial score (nSPS) is 10.6. The van der Waals surface area contributed by atoms with Crippen molar-refractivity contribution in [1.29, 1.82) is 0 Å². The van der Waals surface area contributed by atoms with Gasteiger partial charge in [-0.25, -0.2) is 4.98 Å². The average molecular weight is 426 g/mol. The van der Waals surface area contributed by atoms with Gasteiger partial charge in [-0.05, 0) is 41.8 Å². The molecule has 0 aliphatic rings. The van der Waals surface area contributed by atoms with Gasteiger partial charge < -0.3 is 10.4 Å². The van der Waals surface area contributed by atoms with E-state index in [2.05, 4.69) is 10.3 Å². The quantitative estimate of drug-likeness (QED) is 0.439. The zero-order valence-electron chi connectivity index (χ0n) is 17.3. The van der Waals surface area contributed by atoms with Gasteiger partial charge in [0.2, 0.25) is 0 Å². The van der Waals surface area contributed by atoms with Gasteiger partial charge in [-0.2, -0.15) is 5.10 Å². The average Bonchev–Trinajstić information content (AvgIpc) is 3.21. The lowest BCUT2D eigenvalue weighted by molar-refractivity contribution is -0.136. The number of benzene rings is 2. The maximum Gasteiger partial charge on any atom is 0.303 e. The summed E-state index contributed by atoms with van der Waals surface area (Å²) < 4.78 is 1.79. The number of rotatable bonds is 8. The zero-order valence-corrected chi connectivity index (χ0v) is 17.3. The number of aromatic nitrogens is 3. The molecule has 0 fully saturated rings. The fourth-order valence-electron chi connectivity index (χ4n) is 3.43. The van der Waals surface area contributed by atoms with Gasteiger partial charge in [0.1, 0.15) is 5.82 Å². The second-order valence-corrected chi connectivity index (χ2v) is 7.33. The third-order valence-electron chi connectivity index (χ3n) is 4.93. The minimum Gasteiger partial charge on any atom is -0.481 e. The van der Waals surface area contributed by atoms with Crippen LogP contribution in [0.5, 0.6) is 0 Å². The summed E-state index contributed by atoms with van der Waals surface area (Å²) in [5, 5.41) is 16.6. The van der Waals surface area contributed by atoms with Crippen molar-refractivity contribution in [2.24, 2.45) is 0 Å². The number of carboxylic acid groups (broad SMARTS) is 1. The number of hydrogen-bond acceptors (Lipinski definition) is 4. The van der Waals surface area contributed by atoms with Crippen molar-refractivity contribution < 1.29 is 14.7 Å². The summed E-state index contributed by atoms with van der Waals surface area (Å²) in [6, 6.07) is 22.4. The van der Waals surface area contributed by atoms with E-state index in [1.807, 2.05) is 60.8 Å². The number of nitrogens with one attached hydrogen (secondary N) is 1. The number of aryl methyl sites for hydroxylation is 1. The van der Waals surface area contributed by atoms with Crippen LogP contribution in [0.3, 0.4) is 0 Å². The molecule has 0 saturated heterocycles. The van der Waals surface area contributed by atoms with Crippen LogP contribution in [0, 0.1) is 0 Å². The molecule has 2 N–H and O–H groups in total. The molecule has 0 unspecified atom stereocenters. The maximum absolute atomic E-state index is 12.6. The Hall–Kier alpha value is -4.26. The first-order chi connectivity index (χ1) is 15.6. The fraction of sp³-hybridized carbons (Fsp3) is 0.120. The van der Waals surface area contributed by atoms with Crippen LogP contribution in [0.25, 0.3) is 11.3 Å². The number of carbonyl (C=O) groups excluding carboxylic acids is 1. The Labute approximate surface area is 185 Å². The molecule has 4 aromatic rings. The van der Waals surface area contributed by atoms with Crippen LogP contribution < -0.4 is 5.32 Å². The third kappa shape index (κ3) is 5.26. The number of pyridine rings is 1. The van der Waals surface area contributed by atoms with Crippen LogP contribution in [0.2, 0.25) is 0 Å². The topological polar surface area (TPSA) is 97.1 Å². The predicted molar refractivity (Wildman–Crippen MR) is 121 cm³/mol. The van der Waals surface area contributed by atoms with Crippen molar-refractivity contribution in [3.05, 3.63) is 102 Å². The molecule has 160 valence electrons. The van der Waals surface area contributed by atoms with E-state index in [1.54, 1.807) is 29.1 Å². The van der Waals surface area contributed by atoms with Crippen molar-refractivity contribution in [1.82, 2.24) is 14.8 Å². The van der Waals surface area contributed by atoms with E-state index in [-0.39, 0.29) is 12.3 Å². The summed E-state index contributed by atoms with van der Waals surface area (Å²) in [6.45, 7) is 0.456. The largest absolute Gasteiger partial charge is 0.481 e. The van der Waals surface area contributed by atoms with E-state index in [4.69, 9.17) is 10.2 Å². The van der Waals surface area contributed by atoms with Crippen LogP contribution in [0.15, 0.2) is 85.2 Å². The molecular weight excluding hydrogens is 404 g/mol. The van der Waals surface area contributed by atoms with Crippen molar-refractivity contribution in [2.75, 3.05) is 5.32 Å². The van der Waals surface area contributed by atoms with Crippen LogP contribution in [-0.4, -0.2) is 31.7 Å². The lowest BCUT2D eigenvalue weighted by Gasteiger charge is -2.07. The van der Waals surface area contributed by atoms with Crippen molar-refractivity contribution >= 4 is 17.7 Å². The Bertz CT molecular complexity index is 1220. The first kappa shape index (κ1) is 21.0. The number of carbonyl (C=O) groups is 2. The summed E-state index contributed by atoms with van der Waals surface area (Å²) in [5.41, 5.74) is 4.02. The van der Waals surface area contributed by atoms with Gasteiger partial charge in [0.15, 0.2) is 0 Å². The Morgan fingerprint density at radius 1 is 0.969 bits per heavy atom. The van der Waals surface area contributed by atoms with Crippen LogP contribution in [-0.2, 0) is 17.8 Å². The SMILES string of the molecule is O=C(O)CCc1cn(Cc2cccc(C(=O)Nc3ccccn3)c2)nc1-c1ccccc1. The molecule has 1 amide bonds. The van der Waals surface area contributed by atoms with Crippen molar-refractivity contribution in [2.45, 2.75) is 19.4 Å². The number of anilines is 1. The highest BCUT2D eigenvalue weighted by molar-refractivity contribution is 6.03. The first-order valence-electron chi connectivity index (χ1n) is 10.2. The molecule has 0 aliphatic heterocycles. The summed E-state index contributed by atoms with van der Waals surface area (Å²) in [4.78, 5) is 27.8. The summed E-state index contributed by atoms with van der Waals surface area (Å²) in [5.74, 6) is -0.591. The van der Waals surface area contributed by atoms with Gasteiger partial charge in [0, 0.05) is 29.9 Å². The fourth-order valence-corrected chi connectivity index (χ4v) is 3.43. The van der Waals surface area contributed by atoms with E-state index in [0.29, 0.717) is 24.3 Å². The second kappa shape index (κ2) is 9.70. The molecule has 0 bridgehead atoms. The molecule has 32 heavy (non-hydrogen) atoms. The Kier molecular flexibility index (Phi) is 6.36. The molecule has 4 rings (SSSR count). The zero-order chi connectivity index (χ0) is 22.3. The molecule has 2 aromatic carbocycles. The minimum atomic E-state index is -0.844. The van der Waals surface area contributed by atoms with Crippen molar-refractivity contribution in [3.63, 3.8) is 0 Å². The Morgan fingerprint density at radius 2 is 1.78 bits per heavy atom. The molecule has 0 radical (unpaired) electrons. The smallest absolute Gasteiger partial charge is 0.303 e. The number of nitrogens with zero attached hydrogens (tertiary/aromatic N) is 3. The summed E-state index contributed by atoms with van der Waals surface area (Å²) >= 11 is 0. The predicted octanol–water partition coefficient (Wildman–Crippen LogP) is 4.26. The highest BCUT2D eigenvalue weighted by atomic mass is 16.4. The van der Waals surface area contributed by atoms with Gasteiger partial charge in [-0.15, -0.1) is 0 Å². The molecule has 0 aliphatic carbocycles. The Balaban J connectivity index is 1.55. The molecule has 0 saturated carbocycles. The van der Waals surface area contributed by atoms with E-state index in [0.717, 1.165) is 22.4 Å².